The Labute approximate surface area is 91.2 Å². The summed E-state index contributed by atoms with van der Waals surface area (Å²) in [5.74, 6) is -0.689. The van der Waals surface area contributed by atoms with Gasteiger partial charge in [-0.05, 0) is 19.8 Å². The minimum absolute atomic E-state index is 0.0157. The summed E-state index contributed by atoms with van der Waals surface area (Å²) in [5, 5.41) is 0. The van der Waals surface area contributed by atoms with Crippen LogP contribution < -0.4 is 5.73 Å². The first-order chi connectivity index (χ1) is 6.88. The molecule has 88 valence electrons. The van der Waals surface area contributed by atoms with Crippen LogP contribution in [0.4, 0.5) is 0 Å². The van der Waals surface area contributed by atoms with Gasteiger partial charge in [0.2, 0.25) is 0 Å². The summed E-state index contributed by atoms with van der Waals surface area (Å²) >= 11 is 0. The molecule has 0 amide bonds. The summed E-state index contributed by atoms with van der Waals surface area (Å²) in [6, 6.07) is 0. The van der Waals surface area contributed by atoms with Crippen molar-refractivity contribution in [3.05, 3.63) is 0 Å². The van der Waals surface area contributed by atoms with Gasteiger partial charge in [0.25, 0.3) is 0 Å². The quantitative estimate of drug-likeness (QED) is 0.674. The molecule has 0 aliphatic rings. The number of esters is 1. The highest BCUT2D eigenvalue weighted by molar-refractivity contribution is 5.85. The molecule has 15 heavy (non-hydrogen) atoms. The number of rotatable bonds is 6. The number of carbonyl (C=O) groups excluding carboxylic acids is 2. The van der Waals surface area contributed by atoms with E-state index in [9.17, 15) is 9.59 Å². The molecular formula is C11H21NO3. The van der Waals surface area contributed by atoms with Crippen molar-refractivity contribution in [3.8, 4) is 0 Å². The molecule has 0 saturated heterocycles. The van der Waals surface area contributed by atoms with Crippen LogP contribution in [0.3, 0.4) is 0 Å². The Balaban J connectivity index is 4.39. The van der Waals surface area contributed by atoms with Crippen molar-refractivity contribution < 1.29 is 14.3 Å². The number of nitrogens with two attached hydrogens (primary N) is 1. The first kappa shape index (κ1) is 14.1. The van der Waals surface area contributed by atoms with Crippen molar-refractivity contribution in [2.45, 2.75) is 40.2 Å². The second-order valence-corrected chi connectivity index (χ2v) is 4.28. The average molecular weight is 215 g/mol. The molecule has 0 spiro atoms. The van der Waals surface area contributed by atoms with Crippen LogP contribution in [0.1, 0.15) is 34.1 Å². The maximum absolute atomic E-state index is 11.6. The molecular weight excluding hydrogens is 194 g/mol. The molecule has 0 aromatic rings. The topological polar surface area (TPSA) is 69.4 Å². The Morgan fingerprint density at radius 2 is 1.73 bits per heavy atom. The predicted molar refractivity (Wildman–Crippen MR) is 58.2 cm³/mol. The molecule has 1 atom stereocenters. The highest BCUT2D eigenvalue weighted by atomic mass is 16.5. The molecule has 0 unspecified atom stereocenters. The molecule has 0 saturated carbocycles. The second-order valence-electron chi connectivity index (χ2n) is 4.28. The molecule has 0 aliphatic heterocycles. The average Bonchev–Trinajstić information content (AvgIpc) is 2.11. The van der Waals surface area contributed by atoms with Crippen LogP contribution in [0.5, 0.6) is 0 Å². The van der Waals surface area contributed by atoms with Gasteiger partial charge in [0.15, 0.2) is 0 Å². The molecule has 2 N–H and O–H groups in total. The second kappa shape index (κ2) is 6.56. The van der Waals surface area contributed by atoms with E-state index in [-0.39, 0.29) is 42.7 Å². The third kappa shape index (κ3) is 5.52. The van der Waals surface area contributed by atoms with Gasteiger partial charge >= 0.3 is 5.97 Å². The summed E-state index contributed by atoms with van der Waals surface area (Å²) in [5.41, 5.74) is 5.22. The first-order valence-electron chi connectivity index (χ1n) is 5.30. The first-order valence-corrected chi connectivity index (χ1v) is 5.30. The highest BCUT2D eigenvalue weighted by Crippen LogP contribution is 2.18. The van der Waals surface area contributed by atoms with Crippen molar-refractivity contribution >= 4 is 11.8 Å². The van der Waals surface area contributed by atoms with Crippen LogP contribution in [-0.2, 0) is 14.3 Å². The van der Waals surface area contributed by atoms with E-state index >= 15 is 0 Å². The van der Waals surface area contributed by atoms with Crippen LogP contribution >= 0.6 is 0 Å². The fourth-order valence-electron chi connectivity index (χ4n) is 1.24. The number of Topliss-reactive ketones (excluding diaryl/α,β-unsaturated/α-hetero) is 1. The number of ketones is 1. The number of hydrogen-bond acceptors (Lipinski definition) is 4. The zero-order valence-electron chi connectivity index (χ0n) is 9.95. The number of carbonyl (C=O) groups is 2. The normalized spacial score (nSPS) is 13.0. The van der Waals surface area contributed by atoms with Crippen LogP contribution in [0.15, 0.2) is 0 Å². The molecule has 0 aliphatic carbocycles. The van der Waals surface area contributed by atoms with E-state index in [0.717, 1.165) is 0 Å². The lowest BCUT2D eigenvalue weighted by molar-refractivity contribution is -0.155. The molecule has 4 nitrogen and oxygen atoms in total. The molecule has 4 heteroatoms. The Morgan fingerprint density at radius 3 is 2.07 bits per heavy atom. The Hall–Kier alpha value is -0.900. The van der Waals surface area contributed by atoms with Gasteiger partial charge in [-0.2, -0.15) is 0 Å². The van der Waals surface area contributed by atoms with Crippen molar-refractivity contribution in [2.24, 2.45) is 17.6 Å². The van der Waals surface area contributed by atoms with Gasteiger partial charge in [-0.1, -0.05) is 13.8 Å². The SMILES string of the molecule is CC(C)OC(=O)[C@@H](CC(=O)CN)C(C)C. The Morgan fingerprint density at radius 1 is 1.20 bits per heavy atom. The Bertz CT molecular complexity index is 224. The molecule has 0 fully saturated rings. The van der Waals surface area contributed by atoms with Crippen LogP contribution in [-0.4, -0.2) is 24.4 Å². The van der Waals surface area contributed by atoms with Crippen molar-refractivity contribution in [1.29, 1.82) is 0 Å². The third-order valence-electron chi connectivity index (χ3n) is 2.13. The van der Waals surface area contributed by atoms with Crippen LogP contribution in [0.2, 0.25) is 0 Å². The predicted octanol–water partition coefficient (Wildman–Crippen LogP) is 1.13. The zero-order valence-corrected chi connectivity index (χ0v) is 9.95. The minimum Gasteiger partial charge on any atom is -0.463 e. The lowest BCUT2D eigenvalue weighted by Crippen LogP contribution is -2.29. The third-order valence-corrected chi connectivity index (χ3v) is 2.13. The van der Waals surface area contributed by atoms with E-state index in [1.54, 1.807) is 13.8 Å². The summed E-state index contributed by atoms with van der Waals surface area (Å²) in [6.45, 7) is 7.37. The fraction of sp³-hybridized carbons (Fsp3) is 0.818. The maximum Gasteiger partial charge on any atom is 0.309 e. The monoisotopic (exact) mass is 215 g/mol. The lowest BCUT2D eigenvalue weighted by Gasteiger charge is -2.19. The van der Waals surface area contributed by atoms with Gasteiger partial charge in [-0.15, -0.1) is 0 Å². The molecule has 0 aromatic carbocycles. The molecule has 0 rings (SSSR count). The zero-order chi connectivity index (χ0) is 12.0. The summed E-state index contributed by atoms with van der Waals surface area (Å²) in [6.07, 6.45) is 0.0337. The standard InChI is InChI=1S/C11H21NO3/c1-7(2)10(5-9(13)6-12)11(14)15-8(3)4/h7-8,10H,5-6,12H2,1-4H3/t10-/m0/s1. The largest absolute Gasteiger partial charge is 0.463 e. The van der Waals surface area contributed by atoms with Gasteiger partial charge in [0, 0.05) is 6.42 Å². The fourth-order valence-corrected chi connectivity index (χ4v) is 1.24. The van der Waals surface area contributed by atoms with E-state index in [1.165, 1.54) is 0 Å². The number of hydrogen-bond donors (Lipinski definition) is 1. The smallest absolute Gasteiger partial charge is 0.309 e. The summed E-state index contributed by atoms with van der Waals surface area (Å²) < 4.78 is 5.09. The van der Waals surface area contributed by atoms with Crippen molar-refractivity contribution in [3.63, 3.8) is 0 Å². The van der Waals surface area contributed by atoms with Gasteiger partial charge in [0.1, 0.15) is 5.78 Å². The van der Waals surface area contributed by atoms with Crippen molar-refractivity contribution in [1.82, 2.24) is 0 Å². The van der Waals surface area contributed by atoms with E-state index in [0.29, 0.717) is 0 Å². The van der Waals surface area contributed by atoms with E-state index in [4.69, 9.17) is 10.5 Å². The van der Waals surface area contributed by atoms with Crippen LogP contribution in [0.25, 0.3) is 0 Å². The van der Waals surface area contributed by atoms with Crippen molar-refractivity contribution in [2.75, 3.05) is 6.54 Å². The Kier molecular flexibility index (Phi) is 6.17. The van der Waals surface area contributed by atoms with Gasteiger partial charge in [0.05, 0.1) is 18.6 Å². The summed E-state index contributed by atoms with van der Waals surface area (Å²) in [7, 11) is 0. The molecule has 0 bridgehead atoms. The van der Waals surface area contributed by atoms with Crippen LogP contribution in [0, 0.1) is 11.8 Å². The van der Waals surface area contributed by atoms with Gasteiger partial charge in [-0.25, -0.2) is 0 Å². The summed E-state index contributed by atoms with van der Waals surface area (Å²) in [4.78, 5) is 22.8. The van der Waals surface area contributed by atoms with E-state index < -0.39 is 0 Å². The minimum atomic E-state index is -0.372. The van der Waals surface area contributed by atoms with E-state index in [2.05, 4.69) is 0 Å². The number of ether oxygens (including phenoxy) is 1. The maximum atomic E-state index is 11.6. The molecule has 0 heterocycles. The molecule has 0 radical (unpaired) electrons. The van der Waals surface area contributed by atoms with Gasteiger partial charge in [-0.3, -0.25) is 9.59 Å². The lowest BCUT2D eigenvalue weighted by atomic mass is 9.91. The molecule has 0 aromatic heterocycles. The highest BCUT2D eigenvalue weighted by Gasteiger charge is 2.26. The van der Waals surface area contributed by atoms with Gasteiger partial charge < -0.3 is 10.5 Å². The van der Waals surface area contributed by atoms with E-state index in [1.807, 2.05) is 13.8 Å².